The van der Waals surface area contributed by atoms with Gasteiger partial charge in [-0.1, -0.05) is 18.2 Å². The minimum Gasteiger partial charge on any atom is -0.455 e. The smallest absolute Gasteiger partial charge is 0.213 e. The van der Waals surface area contributed by atoms with Gasteiger partial charge in [-0.15, -0.1) is 0 Å². The molecule has 0 spiro atoms. The average molecular weight is 276 g/mol. The van der Waals surface area contributed by atoms with E-state index in [0.717, 1.165) is 0 Å². The van der Waals surface area contributed by atoms with E-state index in [4.69, 9.17) is 4.74 Å². The normalized spacial score (nSPS) is 16.9. The number of rotatable bonds is 1. The summed E-state index contributed by atoms with van der Waals surface area (Å²) < 4.78 is 30.6. The lowest BCUT2D eigenvalue weighted by Gasteiger charge is -2.21. The van der Waals surface area contributed by atoms with Gasteiger partial charge in [-0.3, -0.25) is 0 Å². The maximum atomic E-state index is 12.5. The topological polar surface area (TPSA) is 63.6 Å². The molecular formula is C14H12O4S. The molecule has 0 unspecified atom stereocenters. The molecule has 1 aliphatic rings. The molecule has 98 valence electrons. The molecule has 3 rings (SSSR count). The van der Waals surface area contributed by atoms with Crippen LogP contribution in [0.25, 0.3) is 0 Å². The molecule has 1 aliphatic heterocycles. The van der Waals surface area contributed by atoms with Crippen molar-refractivity contribution in [2.24, 2.45) is 0 Å². The molecule has 0 amide bonds. The fraction of sp³-hybridized carbons (Fsp3) is 0.143. The predicted molar refractivity (Wildman–Crippen MR) is 69.0 cm³/mol. The van der Waals surface area contributed by atoms with E-state index in [9.17, 15) is 13.5 Å². The van der Waals surface area contributed by atoms with Crippen LogP contribution < -0.4 is 4.74 Å². The van der Waals surface area contributed by atoms with Gasteiger partial charge in [0.1, 0.15) is 21.3 Å². The van der Waals surface area contributed by atoms with E-state index >= 15 is 0 Å². The van der Waals surface area contributed by atoms with E-state index in [0.29, 0.717) is 17.1 Å². The second kappa shape index (κ2) is 4.08. The Bertz CT molecular complexity index is 748. The first-order valence-corrected chi connectivity index (χ1v) is 7.32. The van der Waals surface area contributed by atoms with Gasteiger partial charge in [0.25, 0.3) is 0 Å². The number of hydrogen-bond acceptors (Lipinski definition) is 4. The molecule has 2 aromatic carbocycles. The molecule has 0 radical (unpaired) electrons. The van der Waals surface area contributed by atoms with E-state index in [1.165, 1.54) is 12.1 Å². The van der Waals surface area contributed by atoms with Gasteiger partial charge < -0.3 is 9.84 Å². The van der Waals surface area contributed by atoms with Gasteiger partial charge in [0, 0.05) is 0 Å². The number of sulfone groups is 1. The molecule has 1 N–H and O–H groups in total. The Morgan fingerprint density at radius 1 is 1.05 bits per heavy atom. The largest absolute Gasteiger partial charge is 0.455 e. The second-order valence-electron chi connectivity index (χ2n) is 4.43. The quantitative estimate of drug-likeness (QED) is 0.742. The maximum Gasteiger partial charge on any atom is 0.213 e. The molecule has 0 aromatic heterocycles. The molecule has 0 fully saturated rings. The van der Waals surface area contributed by atoms with Crippen LogP contribution in [0.4, 0.5) is 0 Å². The highest BCUT2D eigenvalue weighted by molar-refractivity contribution is 7.91. The second-order valence-corrected chi connectivity index (χ2v) is 6.32. The van der Waals surface area contributed by atoms with Crippen molar-refractivity contribution in [3.8, 4) is 11.5 Å². The minimum atomic E-state index is -3.59. The van der Waals surface area contributed by atoms with Crippen LogP contribution in [-0.4, -0.2) is 13.5 Å². The summed E-state index contributed by atoms with van der Waals surface area (Å²) in [6, 6.07) is 11.2. The first-order chi connectivity index (χ1) is 9.00. The van der Waals surface area contributed by atoms with Crippen molar-refractivity contribution < 1.29 is 18.3 Å². The van der Waals surface area contributed by atoms with Crippen molar-refractivity contribution in [2.45, 2.75) is 22.8 Å². The lowest BCUT2D eigenvalue weighted by atomic mass is 10.1. The summed E-state index contributed by atoms with van der Waals surface area (Å²) in [4.78, 5) is 0.259. The maximum absolute atomic E-state index is 12.5. The SMILES string of the molecule is C[C@@H](O)c1ccc2c(c1)S(=O)(=O)c1ccccc1O2. The molecule has 19 heavy (non-hydrogen) atoms. The van der Waals surface area contributed by atoms with E-state index in [2.05, 4.69) is 0 Å². The van der Waals surface area contributed by atoms with Crippen LogP contribution in [0.5, 0.6) is 11.5 Å². The van der Waals surface area contributed by atoms with E-state index < -0.39 is 15.9 Å². The van der Waals surface area contributed by atoms with Gasteiger partial charge in [-0.05, 0) is 36.8 Å². The monoisotopic (exact) mass is 276 g/mol. The van der Waals surface area contributed by atoms with Crippen LogP contribution in [0.15, 0.2) is 52.3 Å². The zero-order valence-corrected chi connectivity index (χ0v) is 11.0. The fourth-order valence-electron chi connectivity index (χ4n) is 2.07. The predicted octanol–water partition coefficient (Wildman–Crippen LogP) is 2.68. The van der Waals surface area contributed by atoms with Gasteiger partial charge >= 0.3 is 0 Å². The molecule has 5 heteroatoms. The Hall–Kier alpha value is -1.85. The summed E-state index contributed by atoms with van der Waals surface area (Å²) in [5.41, 5.74) is 0.547. The van der Waals surface area contributed by atoms with Crippen molar-refractivity contribution in [3.05, 3.63) is 48.0 Å². The Morgan fingerprint density at radius 3 is 2.47 bits per heavy atom. The minimum absolute atomic E-state index is 0.101. The number of aliphatic hydroxyl groups excluding tert-OH is 1. The van der Waals surface area contributed by atoms with Crippen LogP contribution in [-0.2, 0) is 9.84 Å². The molecule has 0 saturated heterocycles. The van der Waals surface area contributed by atoms with Gasteiger partial charge in [0.15, 0.2) is 0 Å². The highest BCUT2D eigenvalue weighted by Crippen LogP contribution is 2.42. The number of ether oxygens (including phenoxy) is 1. The van der Waals surface area contributed by atoms with Crippen molar-refractivity contribution in [1.82, 2.24) is 0 Å². The third-order valence-corrected chi connectivity index (χ3v) is 4.91. The Labute approximate surface area is 111 Å². The average Bonchev–Trinajstić information content (AvgIpc) is 2.38. The summed E-state index contributed by atoms with van der Waals surface area (Å²) in [5.74, 6) is 0.628. The molecule has 1 atom stereocenters. The highest BCUT2D eigenvalue weighted by Gasteiger charge is 2.31. The Morgan fingerprint density at radius 2 is 1.74 bits per heavy atom. The molecule has 0 saturated carbocycles. The van der Waals surface area contributed by atoms with Crippen LogP contribution in [0, 0.1) is 0 Å². The first-order valence-electron chi connectivity index (χ1n) is 5.84. The zero-order chi connectivity index (χ0) is 13.6. The lowest BCUT2D eigenvalue weighted by molar-refractivity contribution is 0.199. The Kier molecular flexibility index (Phi) is 2.62. The molecule has 4 nitrogen and oxygen atoms in total. The van der Waals surface area contributed by atoms with E-state index in [1.54, 1.807) is 37.3 Å². The molecule has 0 aliphatic carbocycles. The van der Waals surface area contributed by atoms with Gasteiger partial charge in [-0.2, -0.15) is 0 Å². The van der Waals surface area contributed by atoms with Crippen molar-refractivity contribution in [3.63, 3.8) is 0 Å². The lowest BCUT2D eigenvalue weighted by Crippen LogP contribution is -2.11. The summed E-state index contributed by atoms with van der Waals surface area (Å²) in [6.07, 6.45) is -0.724. The summed E-state index contributed by atoms with van der Waals surface area (Å²) in [7, 11) is -3.59. The highest BCUT2D eigenvalue weighted by atomic mass is 32.2. The number of aliphatic hydroxyl groups is 1. The molecule has 1 heterocycles. The number of para-hydroxylation sites is 1. The van der Waals surface area contributed by atoms with Crippen LogP contribution in [0.1, 0.15) is 18.6 Å². The Balaban J connectivity index is 2.26. The van der Waals surface area contributed by atoms with E-state index in [-0.39, 0.29) is 9.79 Å². The summed E-state index contributed by atoms with van der Waals surface area (Å²) in [5, 5.41) is 9.56. The zero-order valence-electron chi connectivity index (χ0n) is 10.2. The van der Waals surface area contributed by atoms with Crippen LogP contribution in [0.2, 0.25) is 0 Å². The summed E-state index contributed by atoms with van der Waals surface area (Å²) >= 11 is 0. The molecular weight excluding hydrogens is 264 g/mol. The van der Waals surface area contributed by atoms with E-state index in [1.807, 2.05) is 0 Å². The third-order valence-electron chi connectivity index (χ3n) is 3.10. The van der Waals surface area contributed by atoms with Crippen molar-refractivity contribution >= 4 is 9.84 Å². The number of fused-ring (bicyclic) bond motifs is 2. The summed E-state index contributed by atoms with van der Waals surface area (Å²) in [6.45, 7) is 1.59. The van der Waals surface area contributed by atoms with Crippen LogP contribution in [0.3, 0.4) is 0 Å². The fourth-order valence-corrected chi connectivity index (χ4v) is 3.61. The molecule has 0 bridgehead atoms. The first kappa shape index (κ1) is 12.2. The third kappa shape index (κ3) is 1.82. The van der Waals surface area contributed by atoms with Gasteiger partial charge in [-0.25, -0.2) is 8.42 Å². The standard InChI is InChI=1S/C14H12O4S/c1-9(15)10-6-7-12-14(8-10)19(16,17)13-5-3-2-4-11(13)18-12/h2-9,15H,1H3/t9-/m1/s1. The molecule has 2 aromatic rings. The number of hydrogen-bond donors (Lipinski definition) is 1. The number of benzene rings is 2. The van der Waals surface area contributed by atoms with Crippen molar-refractivity contribution in [2.75, 3.05) is 0 Å². The van der Waals surface area contributed by atoms with Crippen molar-refractivity contribution in [1.29, 1.82) is 0 Å². The van der Waals surface area contributed by atoms with Gasteiger partial charge in [0.05, 0.1) is 6.10 Å². The van der Waals surface area contributed by atoms with Gasteiger partial charge in [0.2, 0.25) is 9.84 Å². The van der Waals surface area contributed by atoms with Crippen LogP contribution >= 0.6 is 0 Å².